The van der Waals surface area contributed by atoms with Gasteiger partial charge in [-0.25, -0.2) is 0 Å². The third-order valence-corrected chi connectivity index (χ3v) is 3.30. The van der Waals surface area contributed by atoms with Crippen LogP contribution >= 0.6 is 12.2 Å². The van der Waals surface area contributed by atoms with E-state index in [1.165, 1.54) is 31.2 Å². The lowest BCUT2D eigenvalue weighted by atomic mass is 10.1. The van der Waals surface area contributed by atoms with Crippen LogP contribution in [0, 0.1) is 10.1 Å². The predicted molar refractivity (Wildman–Crippen MR) is 93.2 cm³/mol. The van der Waals surface area contributed by atoms with Crippen LogP contribution in [-0.2, 0) is 0 Å². The molecule has 0 saturated carbocycles. The van der Waals surface area contributed by atoms with Crippen molar-refractivity contribution in [2.24, 2.45) is 0 Å². The number of amides is 1. The maximum atomic E-state index is 12.0. The van der Waals surface area contributed by atoms with Gasteiger partial charge in [-0.15, -0.1) is 0 Å². The van der Waals surface area contributed by atoms with Gasteiger partial charge in [0.1, 0.15) is 0 Å². The quantitative estimate of drug-likeness (QED) is 0.383. The van der Waals surface area contributed by atoms with Crippen molar-refractivity contribution in [3.05, 3.63) is 69.8 Å². The average molecular weight is 343 g/mol. The van der Waals surface area contributed by atoms with Crippen molar-refractivity contribution in [2.45, 2.75) is 6.92 Å². The smallest absolute Gasteiger partial charge is 0.269 e. The molecule has 0 radical (unpaired) electrons. The Bertz CT molecular complexity index is 818. The van der Waals surface area contributed by atoms with Gasteiger partial charge >= 0.3 is 0 Å². The molecule has 0 aliphatic rings. The normalized spacial score (nSPS) is 9.88. The van der Waals surface area contributed by atoms with Gasteiger partial charge in [0.2, 0.25) is 0 Å². The molecule has 122 valence electrons. The first-order valence-electron chi connectivity index (χ1n) is 6.84. The molecule has 2 rings (SSSR count). The van der Waals surface area contributed by atoms with E-state index in [9.17, 15) is 19.7 Å². The molecule has 1 amide bonds. The van der Waals surface area contributed by atoms with Gasteiger partial charge < -0.3 is 5.32 Å². The molecule has 0 aliphatic carbocycles. The summed E-state index contributed by atoms with van der Waals surface area (Å²) in [6.45, 7) is 1.45. The van der Waals surface area contributed by atoms with Crippen LogP contribution in [0.3, 0.4) is 0 Å². The predicted octanol–water partition coefficient (Wildman–Crippen LogP) is 2.92. The first kappa shape index (κ1) is 17.2. The van der Waals surface area contributed by atoms with Gasteiger partial charge in [-0.2, -0.15) is 0 Å². The molecular formula is C16H13N3O4S. The molecule has 0 bridgehead atoms. The van der Waals surface area contributed by atoms with E-state index in [4.69, 9.17) is 12.2 Å². The third-order valence-electron chi connectivity index (χ3n) is 3.09. The van der Waals surface area contributed by atoms with E-state index < -0.39 is 10.8 Å². The van der Waals surface area contributed by atoms with Crippen LogP contribution in [0.25, 0.3) is 0 Å². The molecule has 0 atom stereocenters. The number of nitrogens with zero attached hydrogens (tertiary/aromatic N) is 1. The number of carbonyl (C=O) groups excluding carboxylic acids is 2. The number of non-ortho nitro benzene ring substituents is 1. The second-order valence-electron chi connectivity index (χ2n) is 4.85. The number of nitro benzene ring substituents is 1. The topological polar surface area (TPSA) is 101 Å². The molecule has 24 heavy (non-hydrogen) atoms. The molecule has 0 aromatic heterocycles. The molecule has 0 fully saturated rings. The number of anilines is 1. The summed E-state index contributed by atoms with van der Waals surface area (Å²) in [5, 5.41) is 15.9. The number of hydrogen-bond acceptors (Lipinski definition) is 5. The SMILES string of the molecule is CC(=O)c1cccc(NC(=S)NC(=O)c2ccc([N+](=O)[O-])cc2)c1. The summed E-state index contributed by atoms with van der Waals surface area (Å²) in [5.41, 5.74) is 1.22. The van der Waals surface area contributed by atoms with Crippen LogP contribution in [0.1, 0.15) is 27.6 Å². The Labute approximate surface area is 142 Å². The number of benzene rings is 2. The van der Waals surface area contributed by atoms with Crippen molar-refractivity contribution in [3.8, 4) is 0 Å². The van der Waals surface area contributed by atoms with Gasteiger partial charge in [0.05, 0.1) is 4.92 Å². The number of thiocarbonyl (C=S) groups is 1. The summed E-state index contributed by atoms with van der Waals surface area (Å²) in [7, 11) is 0. The van der Waals surface area contributed by atoms with E-state index in [2.05, 4.69) is 10.6 Å². The maximum absolute atomic E-state index is 12.0. The van der Waals surface area contributed by atoms with Crippen LogP contribution in [0.4, 0.5) is 11.4 Å². The van der Waals surface area contributed by atoms with Crippen molar-refractivity contribution in [3.63, 3.8) is 0 Å². The Hall–Kier alpha value is -3.13. The Morgan fingerprint density at radius 2 is 1.75 bits per heavy atom. The number of nitro groups is 1. The van der Waals surface area contributed by atoms with Crippen LogP contribution in [0.2, 0.25) is 0 Å². The van der Waals surface area contributed by atoms with Crippen LogP contribution in [-0.4, -0.2) is 21.7 Å². The van der Waals surface area contributed by atoms with Crippen molar-refractivity contribution in [1.82, 2.24) is 5.32 Å². The lowest BCUT2D eigenvalue weighted by Gasteiger charge is -2.10. The Morgan fingerprint density at radius 1 is 1.08 bits per heavy atom. The zero-order valence-corrected chi connectivity index (χ0v) is 13.4. The Balaban J connectivity index is 2.01. The molecule has 7 nitrogen and oxygen atoms in total. The molecule has 2 aromatic rings. The first-order chi connectivity index (χ1) is 11.4. The van der Waals surface area contributed by atoms with Gasteiger partial charge in [0.25, 0.3) is 11.6 Å². The van der Waals surface area contributed by atoms with Crippen LogP contribution in [0.5, 0.6) is 0 Å². The Morgan fingerprint density at radius 3 is 2.33 bits per heavy atom. The molecule has 0 heterocycles. The summed E-state index contributed by atoms with van der Waals surface area (Å²) in [5.74, 6) is -0.579. The fraction of sp³-hybridized carbons (Fsp3) is 0.0625. The molecule has 0 spiro atoms. The minimum atomic E-state index is -0.546. The highest BCUT2D eigenvalue weighted by molar-refractivity contribution is 7.80. The van der Waals surface area contributed by atoms with Gasteiger partial charge in [-0.1, -0.05) is 12.1 Å². The third kappa shape index (κ3) is 4.43. The second-order valence-corrected chi connectivity index (χ2v) is 5.26. The van der Waals surface area contributed by atoms with Crippen molar-refractivity contribution < 1.29 is 14.5 Å². The second kappa shape index (κ2) is 7.42. The minimum absolute atomic E-state index is 0.0547. The Kier molecular flexibility index (Phi) is 5.33. The molecule has 0 saturated heterocycles. The summed E-state index contributed by atoms with van der Waals surface area (Å²) in [6.07, 6.45) is 0. The van der Waals surface area contributed by atoms with Gasteiger partial charge in [0, 0.05) is 28.9 Å². The van der Waals surface area contributed by atoms with E-state index in [1.807, 2.05) is 0 Å². The van der Waals surface area contributed by atoms with Crippen molar-refractivity contribution in [2.75, 3.05) is 5.32 Å². The zero-order valence-electron chi connectivity index (χ0n) is 12.6. The lowest BCUT2D eigenvalue weighted by Crippen LogP contribution is -2.34. The van der Waals surface area contributed by atoms with E-state index in [-0.39, 0.29) is 22.1 Å². The van der Waals surface area contributed by atoms with E-state index in [0.717, 1.165) is 0 Å². The fourth-order valence-corrected chi connectivity index (χ4v) is 2.10. The first-order valence-corrected chi connectivity index (χ1v) is 7.25. The molecule has 8 heteroatoms. The summed E-state index contributed by atoms with van der Waals surface area (Å²) >= 11 is 5.05. The summed E-state index contributed by atoms with van der Waals surface area (Å²) < 4.78 is 0. The van der Waals surface area contributed by atoms with E-state index in [1.54, 1.807) is 24.3 Å². The lowest BCUT2D eigenvalue weighted by molar-refractivity contribution is -0.384. The number of nitrogens with one attached hydrogen (secondary N) is 2. The molecule has 2 N–H and O–H groups in total. The van der Waals surface area contributed by atoms with E-state index >= 15 is 0 Å². The van der Waals surface area contributed by atoms with Crippen molar-refractivity contribution in [1.29, 1.82) is 0 Å². The number of rotatable bonds is 4. The monoisotopic (exact) mass is 343 g/mol. The number of hydrogen-bond donors (Lipinski definition) is 2. The molecule has 2 aromatic carbocycles. The molecular weight excluding hydrogens is 330 g/mol. The van der Waals surface area contributed by atoms with Crippen LogP contribution in [0.15, 0.2) is 48.5 Å². The fourth-order valence-electron chi connectivity index (χ4n) is 1.89. The van der Waals surface area contributed by atoms with Gasteiger partial charge in [-0.05, 0) is 43.4 Å². The largest absolute Gasteiger partial charge is 0.332 e. The zero-order chi connectivity index (χ0) is 17.7. The standard InChI is InChI=1S/C16H13N3O4S/c1-10(20)12-3-2-4-13(9-12)17-16(24)18-15(21)11-5-7-14(8-6-11)19(22)23/h2-9H,1H3,(H2,17,18,21,24). The highest BCUT2D eigenvalue weighted by Gasteiger charge is 2.11. The molecule has 0 aliphatic heterocycles. The highest BCUT2D eigenvalue weighted by Crippen LogP contribution is 2.13. The maximum Gasteiger partial charge on any atom is 0.269 e. The highest BCUT2D eigenvalue weighted by atomic mass is 32.1. The van der Waals surface area contributed by atoms with Crippen LogP contribution < -0.4 is 10.6 Å². The summed E-state index contributed by atoms with van der Waals surface area (Å²) in [6, 6.07) is 11.8. The number of ketones is 1. The van der Waals surface area contributed by atoms with Gasteiger partial charge in [-0.3, -0.25) is 25.0 Å². The number of carbonyl (C=O) groups is 2. The minimum Gasteiger partial charge on any atom is -0.332 e. The summed E-state index contributed by atoms with van der Waals surface area (Å²) in [4.78, 5) is 33.4. The van der Waals surface area contributed by atoms with E-state index in [0.29, 0.717) is 11.3 Å². The number of Topliss-reactive ketones (excluding diaryl/α,β-unsaturated/α-hetero) is 1. The van der Waals surface area contributed by atoms with Crippen molar-refractivity contribution >= 4 is 40.4 Å². The average Bonchev–Trinajstić information content (AvgIpc) is 2.55. The molecule has 0 unspecified atom stereocenters. The van der Waals surface area contributed by atoms with Gasteiger partial charge in [0.15, 0.2) is 10.9 Å².